The molecule has 1 aliphatic rings. The Labute approximate surface area is 100.0 Å². The number of rotatable bonds is 2. The summed E-state index contributed by atoms with van der Waals surface area (Å²) < 4.78 is 22.3. The molecule has 0 fully saturated rings. The highest BCUT2D eigenvalue weighted by Crippen LogP contribution is 2.11. The van der Waals surface area contributed by atoms with Crippen molar-refractivity contribution in [2.75, 3.05) is 11.1 Å². The fraction of sp³-hybridized carbons (Fsp3) is 0.182. The average Bonchev–Trinajstić information content (AvgIpc) is 2.59. The van der Waals surface area contributed by atoms with Crippen molar-refractivity contribution in [3.8, 4) is 0 Å². The summed E-state index contributed by atoms with van der Waals surface area (Å²) >= 11 is 0. The van der Waals surface area contributed by atoms with Crippen molar-refractivity contribution in [3.63, 3.8) is 0 Å². The molecule has 1 aromatic carbocycles. The van der Waals surface area contributed by atoms with Crippen molar-refractivity contribution < 1.29 is 8.42 Å². The number of nitrogens with two attached hydrogens (primary N) is 1. The van der Waals surface area contributed by atoms with Gasteiger partial charge in [0.1, 0.15) is 0 Å². The minimum absolute atomic E-state index is 0.00975. The van der Waals surface area contributed by atoms with Crippen LogP contribution in [0.2, 0.25) is 0 Å². The maximum atomic E-state index is 11.2. The van der Waals surface area contributed by atoms with Crippen LogP contribution >= 0.6 is 0 Å². The summed E-state index contributed by atoms with van der Waals surface area (Å²) in [7, 11) is -3.08. The van der Waals surface area contributed by atoms with Gasteiger partial charge in [-0.15, -0.1) is 0 Å². The van der Waals surface area contributed by atoms with E-state index in [9.17, 15) is 8.42 Å². The molecule has 0 aliphatic carbocycles. The molecule has 17 heavy (non-hydrogen) atoms. The Hall–Kier alpha value is -1.82. The molecule has 1 aliphatic heterocycles. The molecule has 0 amide bonds. The molecule has 0 spiro atoms. The Balaban J connectivity index is 2.02. The number of benzene rings is 1. The van der Waals surface area contributed by atoms with Crippen LogP contribution in [0, 0.1) is 0 Å². The first kappa shape index (κ1) is 11.7. The number of guanidine groups is 1. The number of nitrogens with one attached hydrogen (secondary N) is 1. The summed E-state index contributed by atoms with van der Waals surface area (Å²) in [6.45, 7) is 0. The normalized spacial score (nSPS) is 22.6. The molecule has 1 heterocycles. The zero-order valence-corrected chi connectivity index (χ0v) is 9.89. The van der Waals surface area contributed by atoms with E-state index in [1.807, 2.05) is 30.3 Å². The van der Waals surface area contributed by atoms with Gasteiger partial charge >= 0.3 is 0 Å². The van der Waals surface area contributed by atoms with Crippen LogP contribution in [0.4, 0.5) is 5.69 Å². The Kier molecular flexibility index (Phi) is 3.14. The van der Waals surface area contributed by atoms with Crippen LogP contribution in [0.25, 0.3) is 0 Å². The lowest BCUT2D eigenvalue weighted by Gasteiger charge is -2.07. The highest BCUT2D eigenvalue weighted by Gasteiger charge is 2.21. The van der Waals surface area contributed by atoms with Crippen LogP contribution in [0.15, 0.2) is 46.8 Å². The second kappa shape index (κ2) is 4.58. The quantitative estimate of drug-likeness (QED) is 0.599. The van der Waals surface area contributed by atoms with Crippen molar-refractivity contribution in [2.24, 2.45) is 10.7 Å². The highest BCUT2D eigenvalue weighted by molar-refractivity contribution is 7.94. The molecule has 1 unspecified atom stereocenters. The summed E-state index contributed by atoms with van der Waals surface area (Å²) in [6, 6.07) is 8.94. The third-order valence-electron chi connectivity index (χ3n) is 2.26. The number of para-hydroxylation sites is 1. The molecule has 0 radical (unpaired) electrons. The van der Waals surface area contributed by atoms with Gasteiger partial charge in [0.05, 0.1) is 11.8 Å². The summed E-state index contributed by atoms with van der Waals surface area (Å²) in [5, 5.41) is 4.07. The molecule has 2 rings (SSSR count). The number of hydrogen-bond donors (Lipinski definition) is 2. The molecule has 0 saturated heterocycles. The minimum Gasteiger partial charge on any atom is -0.370 e. The molecule has 5 nitrogen and oxygen atoms in total. The van der Waals surface area contributed by atoms with Gasteiger partial charge in [-0.05, 0) is 18.2 Å². The topological polar surface area (TPSA) is 84.5 Å². The molecular weight excluding hydrogens is 238 g/mol. The summed E-state index contributed by atoms with van der Waals surface area (Å²) in [5.41, 5.74) is 6.50. The molecule has 6 heteroatoms. The Morgan fingerprint density at radius 1 is 1.35 bits per heavy atom. The smallest absolute Gasteiger partial charge is 0.193 e. The van der Waals surface area contributed by atoms with E-state index >= 15 is 0 Å². The second-order valence-electron chi connectivity index (χ2n) is 3.73. The SMILES string of the molecule is NC(=NC1C=CS(=O)(=O)C1)Nc1ccccc1. The van der Waals surface area contributed by atoms with Gasteiger partial charge in [0.25, 0.3) is 0 Å². The number of aliphatic imine (C=N–C) groups is 1. The predicted molar refractivity (Wildman–Crippen MR) is 68.4 cm³/mol. The lowest BCUT2D eigenvalue weighted by molar-refractivity contribution is 0.604. The number of nitrogens with zero attached hydrogens (tertiary/aromatic N) is 1. The maximum absolute atomic E-state index is 11.2. The van der Waals surface area contributed by atoms with E-state index < -0.39 is 15.9 Å². The lowest BCUT2D eigenvalue weighted by atomic mass is 10.3. The van der Waals surface area contributed by atoms with Crippen LogP contribution in [0.5, 0.6) is 0 Å². The van der Waals surface area contributed by atoms with Crippen molar-refractivity contribution in [2.45, 2.75) is 6.04 Å². The van der Waals surface area contributed by atoms with Crippen LogP contribution in [0.1, 0.15) is 0 Å². The van der Waals surface area contributed by atoms with E-state index in [0.717, 1.165) is 5.69 Å². The zero-order chi connectivity index (χ0) is 12.3. The van der Waals surface area contributed by atoms with Crippen molar-refractivity contribution in [3.05, 3.63) is 41.8 Å². The molecule has 0 saturated carbocycles. The van der Waals surface area contributed by atoms with E-state index in [1.54, 1.807) is 0 Å². The van der Waals surface area contributed by atoms with Gasteiger partial charge in [-0.2, -0.15) is 0 Å². The van der Waals surface area contributed by atoms with Crippen molar-refractivity contribution in [1.82, 2.24) is 0 Å². The van der Waals surface area contributed by atoms with Gasteiger partial charge in [-0.25, -0.2) is 13.4 Å². The Bertz CT molecular complexity index is 549. The molecule has 0 bridgehead atoms. The highest BCUT2D eigenvalue weighted by atomic mass is 32.2. The molecule has 0 aromatic heterocycles. The van der Waals surface area contributed by atoms with E-state index in [4.69, 9.17) is 5.73 Å². The molecule has 1 atom stereocenters. The van der Waals surface area contributed by atoms with E-state index in [1.165, 1.54) is 11.5 Å². The monoisotopic (exact) mass is 251 g/mol. The average molecular weight is 251 g/mol. The maximum Gasteiger partial charge on any atom is 0.193 e. The van der Waals surface area contributed by atoms with Crippen LogP contribution < -0.4 is 11.1 Å². The number of anilines is 1. The Morgan fingerprint density at radius 2 is 2.06 bits per heavy atom. The third-order valence-corrected chi connectivity index (χ3v) is 3.64. The van der Waals surface area contributed by atoms with E-state index in [-0.39, 0.29) is 11.7 Å². The van der Waals surface area contributed by atoms with Gasteiger partial charge < -0.3 is 11.1 Å². The molecular formula is C11H13N3O2S. The summed E-state index contributed by atoms with van der Waals surface area (Å²) in [4.78, 5) is 4.08. The zero-order valence-electron chi connectivity index (χ0n) is 9.08. The molecule has 1 aromatic rings. The van der Waals surface area contributed by atoms with Gasteiger partial charge in [-0.3, -0.25) is 0 Å². The molecule has 90 valence electrons. The second-order valence-corrected chi connectivity index (χ2v) is 5.66. The first-order valence-electron chi connectivity index (χ1n) is 5.11. The predicted octanol–water partition coefficient (Wildman–Crippen LogP) is 0.724. The fourth-order valence-electron chi connectivity index (χ4n) is 1.52. The van der Waals surface area contributed by atoms with E-state index in [0.29, 0.717) is 0 Å². The first-order valence-corrected chi connectivity index (χ1v) is 6.83. The van der Waals surface area contributed by atoms with Gasteiger partial charge in [0, 0.05) is 11.1 Å². The summed E-state index contributed by atoms with van der Waals surface area (Å²) in [6.07, 6.45) is 1.54. The third kappa shape index (κ3) is 3.32. The Morgan fingerprint density at radius 3 is 2.65 bits per heavy atom. The van der Waals surface area contributed by atoms with Gasteiger partial charge in [-0.1, -0.05) is 18.2 Å². The van der Waals surface area contributed by atoms with Crippen LogP contribution in [0.3, 0.4) is 0 Å². The standard InChI is InChI=1S/C11H13N3O2S/c12-11(13-9-4-2-1-3-5-9)14-10-6-7-17(15,16)8-10/h1-7,10H,8H2,(H3,12,13,14). The number of sulfone groups is 1. The fourth-order valence-corrected chi connectivity index (χ4v) is 2.71. The summed E-state index contributed by atoms with van der Waals surface area (Å²) in [5.74, 6) is 0.201. The van der Waals surface area contributed by atoms with Crippen LogP contribution in [-0.4, -0.2) is 26.2 Å². The minimum atomic E-state index is -3.08. The lowest BCUT2D eigenvalue weighted by Crippen LogP contribution is -2.25. The van der Waals surface area contributed by atoms with Crippen LogP contribution in [-0.2, 0) is 9.84 Å². The number of hydrogen-bond acceptors (Lipinski definition) is 3. The molecule has 3 N–H and O–H groups in total. The van der Waals surface area contributed by atoms with E-state index in [2.05, 4.69) is 10.3 Å². The van der Waals surface area contributed by atoms with Gasteiger partial charge in [0.15, 0.2) is 15.8 Å². The largest absolute Gasteiger partial charge is 0.370 e. The van der Waals surface area contributed by atoms with Gasteiger partial charge in [0.2, 0.25) is 0 Å². The van der Waals surface area contributed by atoms with Crippen molar-refractivity contribution >= 4 is 21.5 Å². The van der Waals surface area contributed by atoms with Crippen molar-refractivity contribution in [1.29, 1.82) is 0 Å². The first-order chi connectivity index (χ1) is 8.05.